The van der Waals surface area contributed by atoms with E-state index >= 15 is 0 Å². The number of nitrogens with one attached hydrogen (secondary N) is 2. The summed E-state index contributed by atoms with van der Waals surface area (Å²) < 4.78 is 0. The van der Waals surface area contributed by atoms with Crippen LogP contribution in [-0.4, -0.2) is 26.3 Å². The Hall–Kier alpha value is -1.82. The Bertz CT molecular complexity index is 693. The molecule has 2 aromatic rings. The van der Waals surface area contributed by atoms with Crippen LogP contribution in [0.3, 0.4) is 0 Å². The molecule has 23 heavy (non-hydrogen) atoms. The zero-order chi connectivity index (χ0) is 16.4. The molecule has 3 rings (SSSR count). The maximum absolute atomic E-state index is 12.4. The first-order valence-electron chi connectivity index (χ1n) is 8.03. The second kappa shape index (κ2) is 6.74. The SMILES string of the molecule is CC(Sc1n[nH]c(C2CC2)n1)C(=O)Nc1ccccc1C(C)C. The van der Waals surface area contributed by atoms with E-state index in [-0.39, 0.29) is 11.2 Å². The van der Waals surface area contributed by atoms with Gasteiger partial charge in [0.1, 0.15) is 5.82 Å². The Morgan fingerprint density at radius 2 is 2.04 bits per heavy atom. The van der Waals surface area contributed by atoms with Gasteiger partial charge in [0.15, 0.2) is 0 Å². The van der Waals surface area contributed by atoms with Crippen molar-refractivity contribution in [3.63, 3.8) is 0 Å². The summed E-state index contributed by atoms with van der Waals surface area (Å²) in [4.78, 5) is 16.9. The summed E-state index contributed by atoms with van der Waals surface area (Å²) in [5, 5.41) is 10.6. The van der Waals surface area contributed by atoms with E-state index in [9.17, 15) is 4.79 Å². The van der Waals surface area contributed by atoms with Crippen LogP contribution in [0.15, 0.2) is 29.4 Å². The number of nitrogens with zero attached hydrogens (tertiary/aromatic N) is 2. The topological polar surface area (TPSA) is 70.7 Å². The Morgan fingerprint density at radius 3 is 2.74 bits per heavy atom. The van der Waals surface area contributed by atoms with E-state index in [1.807, 2.05) is 25.1 Å². The van der Waals surface area contributed by atoms with Gasteiger partial charge in [-0.1, -0.05) is 43.8 Å². The molecule has 0 bridgehead atoms. The predicted molar refractivity (Wildman–Crippen MR) is 92.8 cm³/mol. The number of carbonyl (C=O) groups is 1. The quantitative estimate of drug-likeness (QED) is 0.787. The summed E-state index contributed by atoms with van der Waals surface area (Å²) in [6.45, 7) is 6.12. The molecule has 2 N–H and O–H groups in total. The van der Waals surface area contributed by atoms with E-state index in [1.54, 1.807) is 0 Å². The van der Waals surface area contributed by atoms with Crippen molar-refractivity contribution in [3.05, 3.63) is 35.7 Å². The molecule has 1 aliphatic carbocycles. The molecule has 1 unspecified atom stereocenters. The molecule has 1 amide bonds. The third-order valence-electron chi connectivity index (χ3n) is 3.94. The number of benzene rings is 1. The fraction of sp³-hybridized carbons (Fsp3) is 0.471. The lowest BCUT2D eigenvalue weighted by atomic mass is 10.0. The molecule has 6 heteroatoms. The molecule has 1 saturated carbocycles. The molecule has 122 valence electrons. The number of amides is 1. The van der Waals surface area contributed by atoms with Crippen molar-refractivity contribution in [1.29, 1.82) is 0 Å². The van der Waals surface area contributed by atoms with E-state index < -0.39 is 0 Å². The first kappa shape index (κ1) is 16.1. The van der Waals surface area contributed by atoms with Gasteiger partial charge in [-0.3, -0.25) is 9.89 Å². The Balaban J connectivity index is 1.63. The molecule has 0 aliphatic heterocycles. The van der Waals surface area contributed by atoms with Crippen molar-refractivity contribution in [2.24, 2.45) is 0 Å². The van der Waals surface area contributed by atoms with Crippen molar-refractivity contribution in [3.8, 4) is 0 Å². The van der Waals surface area contributed by atoms with E-state index in [2.05, 4.69) is 40.4 Å². The molecule has 1 atom stereocenters. The maximum Gasteiger partial charge on any atom is 0.237 e. The summed E-state index contributed by atoms with van der Waals surface area (Å²) in [6.07, 6.45) is 2.36. The summed E-state index contributed by atoms with van der Waals surface area (Å²) in [5.41, 5.74) is 2.03. The van der Waals surface area contributed by atoms with Crippen molar-refractivity contribution >= 4 is 23.4 Å². The van der Waals surface area contributed by atoms with E-state index in [0.29, 0.717) is 17.0 Å². The van der Waals surface area contributed by atoms with Crippen LogP contribution in [0.2, 0.25) is 0 Å². The van der Waals surface area contributed by atoms with Crippen LogP contribution in [0.25, 0.3) is 0 Å². The van der Waals surface area contributed by atoms with Crippen LogP contribution >= 0.6 is 11.8 Å². The number of rotatable bonds is 6. The lowest BCUT2D eigenvalue weighted by Gasteiger charge is -2.15. The van der Waals surface area contributed by atoms with Crippen LogP contribution in [0, 0.1) is 0 Å². The van der Waals surface area contributed by atoms with Gasteiger partial charge in [-0.2, -0.15) is 0 Å². The van der Waals surface area contributed by atoms with Crippen molar-refractivity contribution in [2.45, 2.75) is 55.9 Å². The fourth-order valence-electron chi connectivity index (χ4n) is 2.41. The zero-order valence-electron chi connectivity index (χ0n) is 13.7. The van der Waals surface area contributed by atoms with Gasteiger partial charge < -0.3 is 5.32 Å². The Labute approximate surface area is 140 Å². The first-order chi connectivity index (χ1) is 11.0. The smallest absolute Gasteiger partial charge is 0.237 e. The molecule has 1 aromatic carbocycles. The van der Waals surface area contributed by atoms with Crippen LogP contribution in [-0.2, 0) is 4.79 Å². The Morgan fingerprint density at radius 1 is 1.30 bits per heavy atom. The van der Waals surface area contributed by atoms with Crippen LogP contribution in [0.1, 0.15) is 56.8 Å². The zero-order valence-corrected chi connectivity index (χ0v) is 14.5. The molecule has 0 spiro atoms. The summed E-state index contributed by atoms with van der Waals surface area (Å²) in [6, 6.07) is 7.94. The molecule has 0 saturated heterocycles. The molecule has 0 radical (unpaired) electrons. The third-order valence-corrected chi connectivity index (χ3v) is 4.90. The molecule has 1 heterocycles. The highest BCUT2D eigenvalue weighted by Gasteiger charge is 2.28. The van der Waals surface area contributed by atoms with Crippen molar-refractivity contribution in [1.82, 2.24) is 15.2 Å². The Kier molecular flexibility index (Phi) is 4.71. The third kappa shape index (κ3) is 3.93. The highest BCUT2D eigenvalue weighted by molar-refractivity contribution is 8.00. The molecular weight excluding hydrogens is 308 g/mol. The minimum atomic E-state index is -0.252. The first-order valence-corrected chi connectivity index (χ1v) is 8.91. The number of hydrogen-bond donors (Lipinski definition) is 2. The average molecular weight is 330 g/mol. The molecule has 1 aliphatic rings. The van der Waals surface area contributed by atoms with E-state index in [0.717, 1.165) is 17.1 Å². The van der Waals surface area contributed by atoms with Gasteiger partial charge in [-0.05, 0) is 37.3 Å². The minimum absolute atomic E-state index is 0.0270. The second-order valence-corrected chi connectivity index (χ2v) is 7.58. The summed E-state index contributed by atoms with van der Waals surface area (Å²) >= 11 is 1.39. The van der Waals surface area contributed by atoms with Crippen molar-refractivity contribution in [2.75, 3.05) is 5.32 Å². The van der Waals surface area contributed by atoms with Gasteiger partial charge in [0, 0.05) is 11.6 Å². The van der Waals surface area contributed by atoms with Gasteiger partial charge in [0.2, 0.25) is 11.1 Å². The van der Waals surface area contributed by atoms with Gasteiger partial charge in [0.25, 0.3) is 0 Å². The highest BCUT2D eigenvalue weighted by Crippen LogP contribution is 2.38. The number of anilines is 1. The monoisotopic (exact) mass is 330 g/mol. The second-order valence-electron chi connectivity index (χ2n) is 6.27. The van der Waals surface area contributed by atoms with E-state index in [1.165, 1.54) is 24.6 Å². The van der Waals surface area contributed by atoms with E-state index in [4.69, 9.17) is 0 Å². The van der Waals surface area contributed by atoms with Gasteiger partial charge in [-0.25, -0.2) is 4.98 Å². The lowest BCUT2D eigenvalue weighted by Crippen LogP contribution is -2.23. The minimum Gasteiger partial charge on any atom is -0.325 e. The van der Waals surface area contributed by atoms with Crippen LogP contribution in [0.4, 0.5) is 5.69 Å². The highest BCUT2D eigenvalue weighted by atomic mass is 32.2. The number of thioether (sulfide) groups is 1. The van der Waals surface area contributed by atoms with Gasteiger partial charge in [-0.15, -0.1) is 5.10 Å². The number of para-hydroxylation sites is 1. The normalized spacial score (nSPS) is 15.7. The molecule has 5 nitrogen and oxygen atoms in total. The summed E-state index contributed by atoms with van der Waals surface area (Å²) in [5.74, 6) is 1.83. The number of H-pyrrole nitrogens is 1. The number of carbonyl (C=O) groups excluding carboxylic acids is 1. The average Bonchev–Trinajstić information content (AvgIpc) is 3.28. The number of hydrogen-bond acceptors (Lipinski definition) is 4. The van der Waals surface area contributed by atoms with Crippen LogP contribution < -0.4 is 5.32 Å². The number of aromatic nitrogens is 3. The molecule has 1 fully saturated rings. The maximum atomic E-state index is 12.4. The van der Waals surface area contributed by atoms with Gasteiger partial charge >= 0.3 is 0 Å². The molecular formula is C17H22N4OS. The molecule has 1 aromatic heterocycles. The predicted octanol–water partition coefficient (Wildman–Crippen LogP) is 3.92. The van der Waals surface area contributed by atoms with Gasteiger partial charge in [0.05, 0.1) is 5.25 Å². The van der Waals surface area contributed by atoms with Crippen LogP contribution in [0.5, 0.6) is 0 Å². The fourth-order valence-corrected chi connectivity index (χ4v) is 3.14. The van der Waals surface area contributed by atoms with Crippen molar-refractivity contribution < 1.29 is 4.79 Å². The largest absolute Gasteiger partial charge is 0.325 e. The summed E-state index contributed by atoms with van der Waals surface area (Å²) in [7, 11) is 0. The number of aromatic amines is 1. The lowest BCUT2D eigenvalue weighted by molar-refractivity contribution is -0.115. The standard InChI is InChI=1S/C17H22N4OS/c1-10(2)13-6-4-5-7-14(13)18-16(22)11(3)23-17-19-15(20-21-17)12-8-9-12/h4-7,10-12H,8-9H2,1-3H3,(H,18,22)(H,19,20,21).